The van der Waals surface area contributed by atoms with E-state index in [0.717, 1.165) is 37.7 Å². The van der Waals surface area contributed by atoms with Crippen LogP contribution in [-0.4, -0.2) is 39.7 Å². The summed E-state index contributed by atoms with van der Waals surface area (Å²) in [5, 5.41) is 11.1. The molecule has 4 fully saturated rings. The fourth-order valence-corrected chi connectivity index (χ4v) is 9.73. The summed E-state index contributed by atoms with van der Waals surface area (Å²) in [5.74, 6) is -3.84. The Morgan fingerprint density at radius 2 is 1.54 bits per heavy atom. The van der Waals surface area contributed by atoms with Gasteiger partial charge >= 0.3 is 0 Å². The summed E-state index contributed by atoms with van der Waals surface area (Å²) in [6.07, 6.45) is 7.50. The number of hydrogen-bond donors (Lipinski definition) is 1. The quantitative estimate of drug-likeness (QED) is 0.260. The van der Waals surface area contributed by atoms with Gasteiger partial charge in [0.25, 0.3) is 0 Å². The van der Waals surface area contributed by atoms with Gasteiger partial charge in [-0.2, -0.15) is 0 Å². The number of carbonyl (C=O) groups is 4. The number of halogens is 1. The molecule has 3 aromatic carbocycles. The Balaban J connectivity index is 1.33. The highest BCUT2D eigenvalue weighted by Crippen LogP contribution is 2.64. The Hall–Kier alpha value is -4.23. The third-order valence-corrected chi connectivity index (χ3v) is 11.6. The van der Waals surface area contributed by atoms with Crippen LogP contribution in [0.5, 0.6) is 5.75 Å². The van der Waals surface area contributed by atoms with Crippen LogP contribution < -0.4 is 4.90 Å². The first-order valence-corrected chi connectivity index (χ1v) is 16.8. The van der Waals surface area contributed by atoms with E-state index in [4.69, 9.17) is 11.6 Å². The number of imide groups is 2. The number of benzene rings is 3. The van der Waals surface area contributed by atoms with Gasteiger partial charge in [0.1, 0.15) is 5.75 Å². The van der Waals surface area contributed by atoms with Crippen LogP contribution in [0.25, 0.3) is 0 Å². The summed E-state index contributed by atoms with van der Waals surface area (Å²) in [7, 11) is 0. The van der Waals surface area contributed by atoms with Crippen molar-refractivity contribution in [2.45, 2.75) is 62.3 Å². The average Bonchev–Trinajstić information content (AvgIpc) is 3.46. The maximum Gasteiger partial charge on any atom is 0.246 e. The highest BCUT2D eigenvalue weighted by Gasteiger charge is 2.70. The monoisotopic (exact) mass is 634 g/mol. The van der Waals surface area contributed by atoms with E-state index in [1.807, 2.05) is 36.4 Å². The molecule has 8 heteroatoms. The van der Waals surface area contributed by atoms with E-state index in [1.54, 1.807) is 47.4 Å². The number of likely N-dealkylation sites (tertiary alicyclic amines) is 1. The molecule has 2 saturated carbocycles. The highest BCUT2D eigenvalue weighted by atomic mass is 35.5. The van der Waals surface area contributed by atoms with Crippen LogP contribution in [-0.2, 0) is 24.6 Å². The van der Waals surface area contributed by atoms with E-state index in [1.165, 1.54) is 4.90 Å². The maximum atomic E-state index is 15.2. The second kappa shape index (κ2) is 10.9. The molecular formula is C38H35ClN2O5. The number of anilines is 1. The van der Waals surface area contributed by atoms with Crippen molar-refractivity contribution in [3.63, 3.8) is 0 Å². The Morgan fingerprint density at radius 1 is 0.783 bits per heavy atom. The van der Waals surface area contributed by atoms with Gasteiger partial charge in [-0.1, -0.05) is 91.0 Å². The van der Waals surface area contributed by atoms with Crippen LogP contribution in [0, 0.1) is 23.7 Å². The maximum absolute atomic E-state index is 15.2. The van der Waals surface area contributed by atoms with Crippen molar-refractivity contribution >= 4 is 40.9 Å². The predicted octanol–water partition coefficient (Wildman–Crippen LogP) is 6.54. The first kappa shape index (κ1) is 29.2. The number of phenols is 1. The summed E-state index contributed by atoms with van der Waals surface area (Å²) in [6, 6.07) is 23.0. The zero-order valence-electron chi connectivity index (χ0n) is 25.3. The molecular weight excluding hydrogens is 600 g/mol. The number of amides is 4. The SMILES string of the molecule is O=C1C2CC3C(=CCC4C(=O)N(C5CCCCC5)C(=O)C43)C(c3cccc(O)c3)C2(c2ccccc2)C(=O)N1c1cccc(Cl)c1. The smallest absolute Gasteiger partial charge is 0.246 e. The zero-order chi connectivity index (χ0) is 31.7. The fraction of sp³-hybridized carbons (Fsp3) is 0.368. The molecule has 2 heterocycles. The third kappa shape index (κ3) is 4.10. The third-order valence-electron chi connectivity index (χ3n) is 11.3. The molecule has 1 N–H and O–H groups in total. The lowest BCUT2D eigenvalue weighted by atomic mass is 9.49. The second-order valence-corrected chi connectivity index (χ2v) is 14.0. The van der Waals surface area contributed by atoms with E-state index < -0.39 is 35.0 Å². The Morgan fingerprint density at radius 3 is 2.28 bits per heavy atom. The number of rotatable bonds is 4. The van der Waals surface area contributed by atoms with Gasteiger partial charge in [-0.05, 0) is 73.1 Å². The van der Waals surface area contributed by atoms with Crippen molar-refractivity contribution in [1.82, 2.24) is 4.90 Å². The predicted molar refractivity (Wildman–Crippen MR) is 173 cm³/mol. The average molecular weight is 635 g/mol. The number of allylic oxidation sites excluding steroid dienone is 2. The van der Waals surface area contributed by atoms with Gasteiger partial charge in [-0.3, -0.25) is 24.1 Å². The molecule has 0 bridgehead atoms. The molecule has 6 atom stereocenters. The molecule has 3 aliphatic carbocycles. The molecule has 3 aromatic rings. The van der Waals surface area contributed by atoms with Gasteiger partial charge in [0.05, 0.1) is 28.9 Å². The van der Waals surface area contributed by atoms with E-state index in [0.29, 0.717) is 28.3 Å². The molecule has 0 radical (unpaired) electrons. The lowest BCUT2D eigenvalue weighted by Crippen LogP contribution is -2.53. The van der Waals surface area contributed by atoms with E-state index in [-0.39, 0.29) is 41.8 Å². The molecule has 6 unspecified atom stereocenters. The van der Waals surface area contributed by atoms with Crippen molar-refractivity contribution in [2.75, 3.05) is 4.90 Å². The van der Waals surface area contributed by atoms with Gasteiger partial charge in [0.15, 0.2) is 0 Å². The van der Waals surface area contributed by atoms with Crippen molar-refractivity contribution < 1.29 is 24.3 Å². The molecule has 2 saturated heterocycles. The van der Waals surface area contributed by atoms with Crippen molar-refractivity contribution in [2.24, 2.45) is 23.7 Å². The van der Waals surface area contributed by atoms with Gasteiger partial charge in [-0.25, -0.2) is 4.90 Å². The minimum atomic E-state index is -1.35. The van der Waals surface area contributed by atoms with Crippen molar-refractivity contribution in [3.8, 4) is 5.75 Å². The van der Waals surface area contributed by atoms with E-state index >= 15 is 4.79 Å². The Kier molecular flexibility index (Phi) is 6.94. The molecule has 0 spiro atoms. The van der Waals surface area contributed by atoms with Gasteiger partial charge in [-0.15, -0.1) is 0 Å². The molecule has 8 rings (SSSR count). The first-order valence-electron chi connectivity index (χ1n) is 16.4. The molecule has 46 heavy (non-hydrogen) atoms. The normalized spacial score (nSPS) is 31.1. The summed E-state index contributed by atoms with van der Waals surface area (Å²) in [6.45, 7) is 0. The second-order valence-electron chi connectivity index (χ2n) is 13.5. The van der Waals surface area contributed by atoms with Crippen LogP contribution in [0.3, 0.4) is 0 Å². The zero-order valence-corrected chi connectivity index (χ0v) is 26.1. The van der Waals surface area contributed by atoms with Gasteiger partial charge in [0, 0.05) is 17.0 Å². The largest absolute Gasteiger partial charge is 0.508 e. The van der Waals surface area contributed by atoms with Crippen LogP contribution in [0.15, 0.2) is 90.5 Å². The number of phenolic OH excluding ortho intramolecular Hbond substituents is 1. The Labute approximate surface area is 272 Å². The summed E-state index contributed by atoms with van der Waals surface area (Å²) >= 11 is 6.37. The minimum absolute atomic E-state index is 0.0488. The van der Waals surface area contributed by atoms with Crippen molar-refractivity contribution in [1.29, 1.82) is 0 Å². The van der Waals surface area contributed by atoms with Crippen LogP contribution >= 0.6 is 11.6 Å². The van der Waals surface area contributed by atoms with Crippen LogP contribution in [0.1, 0.15) is 62.0 Å². The lowest BCUT2D eigenvalue weighted by Gasteiger charge is -2.50. The molecule has 0 aromatic heterocycles. The summed E-state index contributed by atoms with van der Waals surface area (Å²) < 4.78 is 0. The molecule has 5 aliphatic rings. The number of nitrogens with zero attached hydrogens (tertiary/aromatic N) is 2. The van der Waals surface area contributed by atoms with E-state index in [9.17, 15) is 19.5 Å². The Bertz CT molecular complexity index is 1800. The summed E-state index contributed by atoms with van der Waals surface area (Å²) in [4.78, 5) is 61.0. The van der Waals surface area contributed by atoms with Gasteiger partial charge in [0.2, 0.25) is 23.6 Å². The summed E-state index contributed by atoms with van der Waals surface area (Å²) in [5.41, 5.74) is 1.34. The minimum Gasteiger partial charge on any atom is -0.508 e. The topological polar surface area (TPSA) is 95.0 Å². The highest BCUT2D eigenvalue weighted by molar-refractivity contribution is 6.32. The van der Waals surface area contributed by atoms with Crippen molar-refractivity contribution in [3.05, 3.63) is 107 Å². The number of fused-ring (bicyclic) bond motifs is 4. The van der Waals surface area contributed by atoms with E-state index in [2.05, 4.69) is 6.08 Å². The number of aromatic hydroxyl groups is 1. The van der Waals surface area contributed by atoms with Crippen LogP contribution in [0.4, 0.5) is 5.69 Å². The number of hydrogen-bond acceptors (Lipinski definition) is 5. The molecule has 4 amide bonds. The molecule has 7 nitrogen and oxygen atoms in total. The van der Waals surface area contributed by atoms with Gasteiger partial charge < -0.3 is 5.11 Å². The molecule has 2 aliphatic heterocycles. The van der Waals surface area contributed by atoms with Crippen LogP contribution in [0.2, 0.25) is 5.02 Å². The molecule has 234 valence electrons. The standard InChI is InChI=1S/C38H35ClN2O5/c39-24-12-8-15-26(20-24)41-35(44)31-21-30-28(17-18-29-32(30)36(45)40(34(29)43)25-13-5-2-6-14-25)33(22-9-7-16-27(42)19-22)38(31,37(41)46)23-10-3-1-4-11-23/h1,3-4,7-12,15-17,19-20,25,29-33,42H,2,5-6,13-14,18,21H2. The number of carbonyl (C=O) groups excluding carboxylic acids is 4. The fourth-order valence-electron chi connectivity index (χ4n) is 9.55. The lowest BCUT2D eigenvalue weighted by molar-refractivity contribution is -0.143. The first-order chi connectivity index (χ1) is 22.3.